The van der Waals surface area contributed by atoms with Crippen LogP contribution in [-0.4, -0.2) is 77.8 Å². The first-order chi connectivity index (χ1) is 12.4. The van der Waals surface area contributed by atoms with Crippen LogP contribution in [0.4, 0.5) is 4.79 Å². The second kappa shape index (κ2) is 7.03. The van der Waals surface area contributed by atoms with Crippen LogP contribution in [0.3, 0.4) is 0 Å². The Bertz CT molecular complexity index is 765. The fourth-order valence-electron chi connectivity index (χ4n) is 2.79. The van der Waals surface area contributed by atoms with Crippen molar-refractivity contribution in [1.82, 2.24) is 14.7 Å². The Hall–Kier alpha value is -3.10. The van der Waals surface area contributed by atoms with Crippen molar-refractivity contribution in [2.45, 2.75) is 13.0 Å². The molecule has 0 aromatic heterocycles. The number of imide groups is 2. The van der Waals surface area contributed by atoms with Gasteiger partial charge in [-0.1, -0.05) is 12.1 Å². The van der Waals surface area contributed by atoms with Crippen molar-refractivity contribution in [3.05, 3.63) is 24.3 Å². The molecule has 0 N–H and O–H groups in total. The molecule has 9 nitrogen and oxygen atoms in total. The van der Waals surface area contributed by atoms with Gasteiger partial charge in [-0.25, -0.2) is 9.69 Å². The number of para-hydroxylation sites is 2. The monoisotopic (exact) mass is 361 g/mol. The molecule has 1 aromatic rings. The molecule has 5 amide bonds. The molecule has 2 aliphatic heterocycles. The van der Waals surface area contributed by atoms with E-state index in [1.165, 1.54) is 11.9 Å². The maximum absolute atomic E-state index is 12.5. The van der Waals surface area contributed by atoms with Gasteiger partial charge < -0.3 is 14.4 Å². The minimum absolute atomic E-state index is 0.240. The number of ether oxygens (including phenoxy) is 2. The van der Waals surface area contributed by atoms with Gasteiger partial charge in [0.15, 0.2) is 17.6 Å². The average molecular weight is 361 g/mol. The third kappa shape index (κ3) is 3.19. The molecule has 9 heteroatoms. The second-order valence-corrected chi connectivity index (χ2v) is 5.97. The van der Waals surface area contributed by atoms with Crippen molar-refractivity contribution in [1.29, 1.82) is 0 Å². The highest BCUT2D eigenvalue weighted by molar-refractivity contribution is 6.44. The van der Waals surface area contributed by atoms with E-state index >= 15 is 0 Å². The molecule has 0 radical (unpaired) electrons. The molecule has 1 fully saturated rings. The zero-order valence-corrected chi connectivity index (χ0v) is 14.5. The zero-order chi connectivity index (χ0) is 18.8. The number of likely N-dealkylation sites (N-methyl/N-ethyl adjacent to an activating group) is 2. The van der Waals surface area contributed by atoms with Crippen molar-refractivity contribution in [3.8, 4) is 11.5 Å². The lowest BCUT2D eigenvalue weighted by atomic mass is 10.2. The zero-order valence-electron chi connectivity index (χ0n) is 14.5. The van der Waals surface area contributed by atoms with Crippen LogP contribution >= 0.6 is 0 Å². The number of hydrogen-bond donors (Lipinski definition) is 0. The fraction of sp³-hybridized carbons (Fsp3) is 0.412. The highest BCUT2D eigenvalue weighted by Gasteiger charge is 2.43. The Labute approximate surface area is 150 Å². The van der Waals surface area contributed by atoms with Gasteiger partial charge in [-0.3, -0.25) is 19.3 Å². The van der Waals surface area contributed by atoms with Gasteiger partial charge in [0.05, 0.1) is 6.54 Å². The van der Waals surface area contributed by atoms with Crippen LogP contribution in [0.25, 0.3) is 0 Å². The summed E-state index contributed by atoms with van der Waals surface area (Å²) in [7, 11) is 1.20. The van der Waals surface area contributed by atoms with Gasteiger partial charge in [-0.05, 0) is 19.1 Å². The van der Waals surface area contributed by atoms with Crippen LogP contribution in [0.5, 0.6) is 11.5 Å². The Kier molecular flexibility index (Phi) is 4.79. The maximum Gasteiger partial charge on any atom is 0.334 e. The topological polar surface area (TPSA) is 96.5 Å². The number of carbonyl (C=O) groups excluding carboxylic acids is 4. The van der Waals surface area contributed by atoms with Gasteiger partial charge >= 0.3 is 17.8 Å². The first kappa shape index (κ1) is 17.7. The quantitative estimate of drug-likeness (QED) is 0.545. The van der Waals surface area contributed by atoms with Gasteiger partial charge in [0.1, 0.15) is 13.2 Å². The minimum Gasteiger partial charge on any atom is -0.486 e. The van der Waals surface area contributed by atoms with Crippen molar-refractivity contribution in [2.24, 2.45) is 0 Å². The molecule has 26 heavy (non-hydrogen) atoms. The molecular formula is C17H19N3O6. The lowest BCUT2D eigenvalue weighted by Crippen LogP contribution is -2.48. The summed E-state index contributed by atoms with van der Waals surface area (Å²) in [6.45, 7) is 2.18. The van der Waals surface area contributed by atoms with Crippen LogP contribution < -0.4 is 9.47 Å². The van der Waals surface area contributed by atoms with Crippen LogP contribution in [-0.2, 0) is 14.4 Å². The lowest BCUT2D eigenvalue weighted by molar-refractivity contribution is -0.144. The summed E-state index contributed by atoms with van der Waals surface area (Å²) in [5, 5.41) is 0. The van der Waals surface area contributed by atoms with E-state index in [4.69, 9.17) is 9.47 Å². The van der Waals surface area contributed by atoms with Crippen LogP contribution in [0, 0.1) is 0 Å². The fourth-order valence-corrected chi connectivity index (χ4v) is 2.79. The number of nitrogens with zero attached hydrogens (tertiary/aromatic N) is 3. The van der Waals surface area contributed by atoms with Gasteiger partial charge in [-0.2, -0.15) is 0 Å². The molecule has 0 saturated carbocycles. The molecule has 2 aliphatic rings. The van der Waals surface area contributed by atoms with E-state index in [1.54, 1.807) is 19.1 Å². The first-order valence-corrected chi connectivity index (χ1v) is 8.22. The molecule has 0 bridgehead atoms. The highest BCUT2D eigenvalue weighted by Crippen LogP contribution is 2.31. The molecule has 0 unspecified atom stereocenters. The smallest absolute Gasteiger partial charge is 0.334 e. The van der Waals surface area contributed by atoms with Crippen molar-refractivity contribution in [2.75, 3.05) is 33.3 Å². The predicted octanol–water partition coefficient (Wildman–Crippen LogP) is 0.0955. The summed E-state index contributed by atoms with van der Waals surface area (Å²) in [5.41, 5.74) is 0. The van der Waals surface area contributed by atoms with E-state index in [0.29, 0.717) is 27.8 Å². The second-order valence-electron chi connectivity index (χ2n) is 5.97. The van der Waals surface area contributed by atoms with E-state index in [2.05, 4.69) is 0 Å². The van der Waals surface area contributed by atoms with Gasteiger partial charge in [0.2, 0.25) is 5.91 Å². The van der Waals surface area contributed by atoms with E-state index in [9.17, 15) is 19.2 Å². The van der Waals surface area contributed by atoms with Crippen LogP contribution in [0.2, 0.25) is 0 Å². The maximum atomic E-state index is 12.5. The average Bonchev–Trinajstić information content (AvgIpc) is 2.83. The molecule has 1 saturated heterocycles. The Balaban J connectivity index is 1.62. The number of urea groups is 1. The number of fused-ring (bicyclic) bond motifs is 1. The van der Waals surface area contributed by atoms with Gasteiger partial charge in [0.25, 0.3) is 0 Å². The van der Waals surface area contributed by atoms with E-state index in [1.807, 2.05) is 12.1 Å². The standard InChI is InChI=1S/C17H19N3O6/c1-3-19(8-11-10-25-12-6-4-5-7-13(12)26-11)14(21)9-20-16(23)15(22)18(2)17(20)24/h4-7,11H,3,8-10H2,1-2H3/t11-/m1/s1. The SMILES string of the molecule is CCN(C[C@@H]1COc2ccccc2O1)C(=O)CN1C(=O)C(=O)N(C)C1=O. The van der Waals surface area contributed by atoms with Gasteiger partial charge in [-0.15, -0.1) is 0 Å². The Morgan fingerprint density at radius 2 is 1.88 bits per heavy atom. The minimum atomic E-state index is -0.993. The number of hydrogen-bond acceptors (Lipinski definition) is 6. The Morgan fingerprint density at radius 3 is 2.50 bits per heavy atom. The van der Waals surface area contributed by atoms with Crippen molar-refractivity contribution < 1.29 is 28.7 Å². The number of amides is 5. The summed E-state index contributed by atoms with van der Waals surface area (Å²) in [6.07, 6.45) is -0.372. The lowest BCUT2D eigenvalue weighted by Gasteiger charge is -2.31. The summed E-state index contributed by atoms with van der Waals surface area (Å²) < 4.78 is 11.5. The third-order valence-electron chi connectivity index (χ3n) is 4.27. The van der Waals surface area contributed by atoms with Crippen LogP contribution in [0.15, 0.2) is 24.3 Å². The first-order valence-electron chi connectivity index (χ1n) is 8.22. The predicted molar refractivity (Wildman–Crippen MR) is 88.5 cm³/mol. The number of carbonyl (C=O) groups is 4. The van der Waals surface area contributed by atoms with Crippen LogP contribution in [0.1, 0.15) is 6.92 Å². The normalized spacial score (nSPS) is 19.2. The third-order valence-corrected chi connectivity index (χ3v) is 4.27. The summed E-state index contributed by atoms with van der Waals surface area (Å²) in [4.78, 5) is 50.5. The Morgan fingerprint density at radius 1 is 1.19 bits per heavy atom. The molecule has 138 valence electrons. The molecule has 3 rings (SSSR count). The molecule has 0 aliphatic carbocycles. The number of rotatable bonds is 5. The van der Waals surface area contributed by atoms with E-state index in [0.717, 1.165) is 0 Å². The summed E-state index contributed by atoms with van der Waals surface area (Å²) in [5.74, 6) is -1.13. The van der Waals surface area contributed by atoms with E-state index < -0.39 is 30.3 Å². The van der Waals surface area contributed by atoms with Crippen molar-refractivity contribution >= 4 is 23.8 Å². The largest absolute Gasteiger partial charge is 0.486 e. The molecular weight excluding hydrogens is 342 g/mol. The molecule has 0 spiro atoms. The van der Waals surface area contributed by atoms with Gasteiger partial charge in [0, 0.05) is 13.6 Å². The molecule has 1 atom stereocenters. The number of benzene rings is 1. The van der Waals surface area contributed by atoms with Crippen molar-refractivity contribution in [3.63, 3.8) is 0 Å². The molecule has 1 aromatic carbocycles. The summed E-state index contributed by atoms with van der Waals surface area (Å²) >= 11 is 0. The highest BCUT2D eigenvalue weighted by atomic mass is 16.6. The summed E-state index contributed by atoms with van der Waals surface area (Å²) in [6, 6.07) is 6.45. The van der Waals surface area contributed by atoms with E-state index in [-0.39, 0.29) is 19.3 Å². The molecule has 2 heterocycles.